The highest BCUT2D eigenvalue weighted by atomic mass is 16.5. The van der Waals surface area contributed by atoms with Crippen LogP contribution in [-0.4, -0.2) is 36.5 Å². The first kappa shape index (κ1) is 21.9. The SMILES string of the molecule is CC(C)N1CC=C2C(C#N)=C(N)C(C#N)(C#N)[C@H](c3ccc(OCC(N)=O)cc3)[C@H]2C1. The van der Waals surface area contributed by atoms with Crippen LogP contribution in [0.1, 0.15) is 25.3 Å². The maximum atomic E-state index is 11.0. The Labute approximate surface area is 181 Å². The molecule has 0 aromatic heterocycles. The second-order valence-corrected chi connectivity index (χ2v) is 8.05. The molecule has 31 heavy (non-hydrogen) atoms. The van der Waals surface area contributed by atoms with Crippen molar-refractivity contribution in [2.75, 3.05) is 19.7 Å². The fraction of sp³-hybridized carbons (Fsp3) is 0.391. The minimum Gasteiger partial charge on any atom is -0.484 e. The molecule has 1 aromatic rings. The van der Waals surface area contributed by atoms with Crippen molar-refractivity contribution in [3.63, 3.8) is 0 Å². The molecule has 3 rings (SSSR count). The Morgan fingerprint density at radius 1 is 1.26 bits per heavy atom. The summed E-state index contributed by atoms with van der Waals surface area (Å²) in [5.74, 6) is -0.966. The monoisotopic (exact) mass is 416 g/mol. The van der Waals surface area contributed by atoms with E-state index < -0.39 is 17.2 Å². The van der Waals surface area contributed by atoms with E-state index in [0.29, 0.717) is 18.8 Å². The first-order chi connectivity index (χ1) is 14.8. The molecule has 1 heterocycles. The molecular formula is C23H24N6O2. The summed E-state index contributed by atoms with van der Waals surface area (Å²) in [4.78, 5) is 13.2. The third-order valence-corrected chi connectivity index (χ3v) is 6.04. The molecule has 158 valence electrons. The highest BCUT2D eigenvalue weighted by Gasteiger charge is 2.54. The van der Waals surface area contributed by atoms with E-state index in [0.717, 1.165) is 11.1 Å². The number of allylic oxidation sites excluding steroid dienone is 2. The summed E-state index contributed by atoms with van der Waals surface area (Å²) in [6.07, 6.45) is 1.98. The number of hydrogen-bond donors (Lipinski definition) is 2. The minimum absolute atomic E-state index is 0.000415. The number of benzene rings is 1. The van der Waals surface area contributed by atoms with Crippen LogP contribution in [0.4, 0.5) is 0 Å². The molecule has 1 amide bonds. The van der Waals surface area contributed by atoms with E-state index >= 15 is 0 Å². The molecule has 0 bridgehead atoms. The highest BCUT2D eigenvalue weighted by Crippen LogP contribution is 2.54. The van der Waals surface area contributed by atoms with Gasteiger partial charge in [0.1, 0.15) is 11.8 Å². The van der Waals surface area contributed by atoms with Gasteiger partial charge in [0, 0.05) is 31.0 Å². The topological polar surface area (TPSA) is 153 Å². The fourth-order valence-corrected chi connectivity index (χ4v) is 4.43. The Hall–Kier alpha value is -3.80. The maximum absolute atomic E-state index is 11.0. The summed E-state index contributed by atoms with van der Waals surface area (Å²) < 4.78 is 5.32. The number of nitrogens with two attached hydrogens (primary N) is 2. The third kappa shape index (κ3) is 3.72. The first-order valence-electron chi connectivity index (χ1n) is 9.97. The summed E-state index contributed by atoms with van der Waals surface area (Å²) >= 11 is 0. The smallest absolute Gasteiger partial charge is 0.255 e. The lowest BCUT2D eigenvalue weighted by molar-refractivity contribution is -0.119. The summed E-state index contributed by atoms with van der Waals surface area (Å²) in [6, 6.07) is 13.5. The Bertz CT molecular complexity index is 1050. The second-order valence-electron chi connectivity index (χ2n) is 8.05. The van der Waals surface area contributed by atoms with Gasteiger partial charge < -0.3 is 16.2 Å². The summed E-state index contributed by atoms with van der Waals surface area (Å²) in [6.45, 7) is 5.18. The van der Waals surface area contributed by atoms with Gasteiger partial charge in [-0.3, -0.25) is 9.69 Å². The standard InChI is InChI=1S/C23H24N6O2/c1-14(2)29-8-7-17-18(9-24)22(28)23(12-25,13-26)21(19(17)10-29)15-3-5-16(6-4-15)31-11-20(27)30/h3-7,14,19,21H,8,10-11,28H2,1-2H3,(H2,27,30)/t19-,21+/m0/s1. The largest absolute Gasteiger partial charge is 0.484 e. The number of primary amides is 1. The maximum Gasteiger partial charge on any atom is 0.255 e. The van der Waals surface area contributed by atoms with Crippen molar-refractivity contribution >= 4 is 5.91 Å². The van der Waals surface area contributed by atoms with Crippen LogP contribution < -0.4 is 16.2 Å². The number of ether oxygens (including phenoxy) is 1. The molecule has 4 N–H and O–H groups in total. The number of amides is 1. The van der Waals surface area contributed by atoms with Gasteiger partial charge in [0.05, 0.1) is 23.4 Å². The van der Waals surface area contributed by atoms with Gasteiger partial charge in [-0.15, -0.1) is 0 Å². The van der Waals surface area contributed by atoms with Crippen LogP contribution in [0, 0.1) is 45.3 Å². The summed E-state index contributed by atoms with van der Waals surface area (Å²) in [5, 5.41) is 30.0. The highest BCUT2D eigenvalue weighted by molar-refractivity contribution is 5.75. The minimum atomic E-state index is -1.68. The van der Waals surface area contributed by atoms with Crippen LogP contribution in [0.2, 0.25) is 0 Å². The zero-order valence-electron chi connectivity index (χ0n) is 17.5. The van der Waals surface area contributed by atoms with Crippen molar-refractivity contribution in [1.82, 2.24) is 4.90 Å². The molecule has 0 fully saturated rings. The lowest BCUT2D eigenvalue weighted by Gasteiger charge is -2.46. The van der Waals surface area contributed by atoms with E-state index in [2.05, 4.69) is 37.0 Å². The van der Waals surface area contributed by atoms with Gasteiger partial charge in [-0.1, -0.05) is 18.2 Å². The summed E-state index contributed by atoms with van der Waals surface area (Å²) in [7, 11) is 0. The van der Waals surface area contributed by atoms with E-state index in [1.807, 2.05) is 6.08 Å². The molecule has 0 spiro atoms. The van der Waals surface area contributed by atoms with Crippen LogP contribution in [0.25, 0.3) is 0 Å². The molecule has 1 aliphatic carbocycles. The number of nitrogens with zero attached hydrogens (tertiary/aromatic N) is 4. The molecule has 1 aliphatic heterocycles. The molecule has 8 nitrogen and oxygen atoms in total. The fourth-order valence-electron chi connectivity index (χ4n) is 4.43. The van der Waals surface area contributed by atoms with Crippen LogP contribution >= 0.6 is 0 Å². The van der Waals surface area contributed by atoms with Gasteiger partial charge in [0.2, 0.25) is 0 Å². The second kappa shape index (κ2) is 8.52. The molecule has 1 aromatic carbocycles. The predicted octanol–water partition coefficient (Wildman–Crippen LogP) is 1.68. The Balaban J connectivity index is 2.15. The molecule has 0 saturated carbocycles. The summed E-state index contributed by atoms with van der Waals surface area (Å²) in [5.41, 5.74) is 11.5. The van der Waals surface area contributed by atoms with Crippen molar-refractivity contribution < 1.29 is 9.53 Å². The zero-order valence-corrected chi connectivity index (χ0v) is 17.5. The van der Waals surface area contributed by atoms with Crippen LogP contribution in [0.15, 0.2) is 47.2 Å². The molecule has 2 atom stereocenters. The first-order valence-corrected chi connectivity index (χ1v) is 9.97. The van der Waals surface area contributed by atoms with Crippen molar-refractivity contribution in [3.8, 4) is 24.0 Å². The van der Waals surface area contributed by atoms with Gasteiger partial charge in [-0.2, -0.15) is 15.8 Å². The van der Waals surface area contributed by atoms with E-state index in [9.17, 15) is 20.6 Å². The number of rotatable bonds is 5. The van der Waals surface area contributed by atoms with Crippen molar-refractivity contribution in [1.29, 1.82) is 15.8 Å². The number of fused-ring (bicyclic) bond motifs is 1. The lowest BCUT2D eigenvalue weighted by Crippen LogP contribution is -2.49. The average Bonchev–Trinajstić information content (AvgIpc) is 2.77. The molecule has 0 unspecified atom stereocenters. The van der Waals surface area contributed by atoms with Gasteiger partial charge in [-0.25, -0.2) is 0 Å². The van der Waals surface area contributed by atoms with Gasteiger partial charge >= 0.3 is 0 Å². The van der Waals surface area contributed by atoms with Crippen molar-refractivity contribution in [2.45, 2.75) is 25.8 Å². The van der Waals surface area contributed by atoms with Crippen LogP contribution in [0.3, 0.4) is 0 Å². The predicted molar refractivity (Wildman–Crippen MR) is 113 cm³/mol. The van der Waals surface area contributed by atoms with E-state index in [1.165, 1.54) is 0 Å². The number of carbonyl (C=O) groups excluding carboxylic acids is 1. The Morgan fingerprint density at radius 3 is 2.42 bits per heavy atom. The van der Waals surface area contributed by atoms with E-state index in [1.54, 1.807) is 24.3 Å². The third-order valence-electron chi connectivity index (χ3n) is 6.04. The van der Waals surface area contributed by atoms with Gasteiger partial charge in [0.25, 0.3) is 5.91 Å². The number of carbonyl (C=O) groups is 1. The van der Waals surface area contributed by atoms with Crippen LogP contribution in [-0.2, 0) is 4.79 Å². The Kier molecular flexibility index (Phi) is 6.02. The molecule has 0 radical (unpaired) electrons. The lowest BCUT2D eigenvalue weighted by atomic mass is 9.58. The molecule has 2 aliphatic rings. The van der Waals surface area contributed by atoms with E-state index in [4.69, 9.17) is 16.2 Å². The quantitative estimate of drug-likeness (QED) is 0.740. The number of hydrogen-bond acceptors (Lipinski definition) is 7. The van der Waals surface area contributed by atoms with Gasteiger partial charge in [0.15, 0.2) is 12.0 Å². The average molecular weight is 416 g/mol. The molecule has 8 heteroatoms. The normalized spacial score (nSPS) is 22.5. The van der Waals surface area contributed by atoms with Crippen LogP contribution in [0.5, 0.6) is 5.75 Å². The zero-order chi connectivity index (χ0) is 22.8. The number of nitriles is 3. The van der Waals surface area contributed by atoms with Crippen molar-refractivity contribution in [3.05, 3.63) is 52.7 Å². The van der Waals surface area contributed by atoms with Gasteiger partial charge in [-0.05, 0) is 37.1 Å². The van der Waals surface area contributed by atoms with Crippen molar-refractivity contribution in [2.24, 2.45) is 22.8 Å². The molecule has 0 saturated heterocycles. The Morgan fingerprint density at radius 2 is 1.90 bits per heavy atom. The molecular weight excluding hydrogens is 392 g/mol. The van der Waals surface area contributed by atoms with E-state index in [-0.39, 0.29) is 29.8 Å².